The van der Waals surface area contributed by atoms with Crippen LogP contribution in [0.3, 0.4) is 0 Å². The highest BCUT2D eigenvalue weighted by Crippen LogP contribution is 2.38. The molecule has 22 heavy (non-hydrogen) atoms. The lowest BCUT2D eigenvalue weighted by Crippen LogP contribution is -2.36. The number of aromatic nitrogens is 3. The number of hydrogen-bond donors (Lipinski definition) is 2. The topological polar surface area (TPSA) is 80.6 Å². The third-order valence-corrected chi connectivity index (χ3v) is 3.10. The number of hydrogen-bond acceptors (Lipinski definition) is 3. The number of nitrogens with zero attached hydrogens (tertiary/aromatic N) is 3. The van der Waals surface area contributed by atoms with Gasteiger partial charge in [0.15, 0.2) is 0 Å². The maximum absolute atomic E-state index is 13.0. The molecule has 0 spiro atoms. The zero-order valence-corrected chi connectivity index (χ0v) is 11.4. The van der Waals surface area contributed by atoms with Crippen molar-refractivity contribution in [3.8, 4) is 0 Å². The average molecular weight is 321 g/mol. The molecular formula is C12H12F5N5. The van der Waals surface area contributed by atoms with E-state index in [1.165, 1.54) is 4.57 Å². The van der Waals surface area contributed by atoms with E-state index in [4.69, 9.17) is 11.1 Å². The van der Waals surface area contributed by atoms with Crippen LogP contribution in [0.2, 0.25) is 0 Å². The lowest BCUT2D eigenvalue weighted by molar-refractivity contribution is -0.284. The van der Waals surface area contributed by atoms with Crippen LogP contribution >= 0.6 is 0 Å². The van der Waals surface area contributed by atoms with Gasteiger partial charge in [0, 0.05) is 31.5 Å². The van der Waals surface area contributed by atoms with Gasteiger partial charge in [-0.2, -0.15) is 22.0 Å². The van der Waals surface area contributed by atoms with Gasteiger partial charge in [0.05, 0.1) is 0 Å². The SMILES string of the molecule is Cn1ccc2c(C(=N)N)nc(CCC(F)(F)C(F)(F)F)nc21. The first-order valence-corrected chi connectivity index (χ1v) is 6.14. The van der Waals surface area contributed by atoms with Gasteiger partial charge in [-0.1, -0.05) is 0 Å². The molecule has 5 nitrogen and oxygen atoms in total. The van der Waals surface area contributed by atoms with E-state index in [9.17, 15) is 22.0 Å². The Kier molecular flexibility index (Phi) is 3.80. The molecule has 0 aromatic carbocycles. The normalized spacial score (nSPS) is 12.8. The summed E-state index contributed by atoms with van der Waals surface area (Å²) in [6, 6.07) is 1.58. The Labute approximate surface area is 121 Å². The first kappa shape index (κ1) is 16.1. The zero-order chi connectivity index (χ0) is 16.7. The van der Waals surface area contributed by atoms with Gasteiger partial charge < -0.3 is 10.3 Å². The van der Waals surface area contributed by atoms with Crippen molar-refractivity contribution >= 4 is 16.9 Å². The summed E-state index contributed by atoms with van der Waals surface area (Å²) in [5.41, 5.74) is 5.69. The maximum atomic E-state index is 13.0. The fourth-order valence-corrected chi connectivity index (χ4v) is 1.91. The van der Waals surface area contributed by atoms with E-state index in [2.05, 4.69) is 9.97 Å². The van der Waals surface area contributed by atoms with E-state index in [1.807, 2.05) is 0 Å². The third kappa shape index (κ3) is 2.85. The summed E-state index contributed by atoms with van der Waals surface area (Å²) in [5, 5.41) is 7.86. The smallest absolute Gasteiger partial charge is 0.382 e. The Morgan fingerprint density at radius 3 is 2.45 bits per heavy atom. The minimum atomic E-state index is -5.62. The number of aryl methyl sites for hydroxylation is 2. The van der Waals surface area contributed by atoms with Crippen molar-refractivity contribution in [2.24, 2.45) is 12.8 Å². The molecule has 2 aromatic heterocycles. The van der Waals surface area contributed by atoms with Crippen molar-refractivity contribution in [3.05, 3.63) is 23.8 Å². The van der Waals surface area contributed by atoms with Crippen LogP contribution in [0.4, 0.5) is 22.0 Å². The molecule has 2 heterocycles. The van der Waals surface area contributed by atoms with E-state index < -0.39 is 30.8 Å². The molecule has 0 saturated carbocycles. The molecule has 0 amide bonds. The van der Waals surface area contributed by atoms with Crippen LogP contribution in [0.1, 0.15) is 17.9 Å². The predicted octanol–water partition coefficient (Wildman–Crippen LogP) is 2.38. The molecule has 0 unspecified atom stereocenters. The first-order valence-electron chi connectivity index (χ1n) is 6.14. The largest absolute Gasteiger partial charge is 0.453 e. The van der Waals surface area contributed by atoms with E-state index in [-0.39, 0.29) is 11.5 Å². The molecular weight excluding hydrogens is 309 g/mol. The van der Waals surface area contributed by atoms with E-state index in [0.29, 0.717) is 11.0 Å². The number of amidine groups is 1. The summed E-state index contributed by atoms with van der Waals surface area (Å²) < 4.78 is 63.9. The van der Waals surface area contributed by atoms with Crippen molar-refractivity contribution < 1.29 is 22.0 Å². The van der Waals surface area contributed by atoms with Crippen molar-refractivity contribution in [2.75, 3.05) is 0 Å². The second kappa shape index (κ2) is 5.18. The summed E-state index contributed by atoms with van der Waals surface area (Å²) in [5.74, 6) is -5.46. The molecule has 0 aliphatic rings. The number of nitrogens with one attached hydrogen (secondary N) is 1. The molecule has 0 aliphatic carbocycles. The molecule has 10 heteroatoms. The Morgan fingerprint density at radius 2 is 1.91 bits per heavy atom. The third-order valence-electron chi connectivity index (χ3n) is 3.10. The number of nitrogen functional groups attached to an aromatic ring is 1. The van der Waals surface area contributed by atoms with Crippen LogP contribution in [0.25, 0.3) is 11.0 Å². The fourth-order valence-electron chi connectivity index (χ4n) is 1.91. The van der Waals surface area contributed by atoms with Gasteiger partial charge in [0.25, 0.3) is 0 Å². The van der Waals surface area contributed by atoms with Gasteiger partial charge in [-0.15, -0.1) is 0 Å². The molecule has 120 valence electrons. The second-order valence-corrected chi connectivity index (χ2v) is 4.77. The minimum Gasteiger partial charge on any atom is -0.382 e. The summed E-state index contributed by atoms with van der Waals surface area (Å²) in [4.78, 5) is 7.79. The molecule has 0 aliphatic heterocycles. The van der Waals surface area contributed by atoms with Crippen LogP contribution in [0.5, 0.6) is 0 Å². The number of rotatable bonds is 4. The molecule has 0 bridgehead atoms. The Morgan fingerprint density at radius 1 is 1.27 bits per heavy atom. The van der Waals surface area contributed by atoms with Gasteiger partial charge in [0.2, 0.25) is 0 Å². The van der Waals surface area contributed by atoms with Gasteiger partial charge >= 0.3 is 12.1 Å². The van der Waals surface area contributed by atoms with Crippen LogP contribution < -0.4 is 5.73 Å². The van der Waals surface area contributed by atoms with Crippen LogP contribution in [0, 0.1) is 5.41 Å². The van der Waals surface area contributed by atoms with E-state index in [1.54, 1.807) is 19.3 Å². The lowest BCUT2D eigenvalue weighted by Gasteiger charge is -2.19. The number of halogens is 5. The summed E-state index contributed by atoms with van der Waals surface area (Å²) >= 11 is 0. The average Bonchev–Trinajstić information content (AvgIpc) is 2.76. The molecule has 0 atom stereocenters. The van der Waals surface area contributed by atoms with Gasteiger partial charge in [-0.25, -0.2) is 9.97 Å². The number of nitrogens with two attached hydrogens (primary N) is 1. The molecule has 3 N–H and O–H groups in total. The summed E-state index contributed by atoms with van der Waals surface area (Å²) in [6.45, 7) is 0. The number of alkyl halides is 5. The van der Waals surface area contributed by atoms with Crippen molar-refractivity contribution in [1.29, 1.82) is 5.41 Å². The standard InChI is InChI=1S/C12H12F5N5/c1-22-5-3-6-8(9(18)19)20-7(21-10(6)22)2-4-11(13,14)12(15,16)17/h3,5H,2,4H2,1H3,(H3,18,19). The molecule has 0 radical (unpaired) electrons. The zero-order valence-electron chi connectivity index (χ0n) is 11.4. The summed E-state index contributed by atoms with van der Waals surface area (Å²) in [6.07, 6.45) is -6.18. The fraction of sp³-hybridized carbons (Fsp3) is 0.417. The molecule has 0 saturated heterocycles. The van der Waals surface area contributed by atoms with Crippen LogP contribution in [-0.2, 0) is 13.5 Å². The molecule has 0 fully saturated rings. The Bertz CT molecular complexity index is 719. The van der Waals surface area contributed by atoms with Gasteiger partial charge in [-0.05, 0) is 6.07 Å². The van der Waals surface area contributed by atoms with Crippen molar-refractivity contribution in [3.63, 3.8) is 0 Å². The Hall–Kier alpha value is -2.26. The number of fused-ring (bicyclic) bond motifs is 1. The highest BCUT2D eigenvalue weighted by molar-refractivity contribution is 6.04. The van der Waals surface area contributed by atoms with Gasteiger partial charge in [-0.3, -0.25) is 5.41 Å². The highest BCUT2D eigenvalue weighted by atomic mass is 19.4. The summed E-state index contributed by atoms with van der Waals surface area (Å²) in [7, 11) is 1.62. The van der Waals surface area contributed by atoms with E-state index >= 15 is 0 Å². The van der Waals surface area contributed by atoms with Crippen molar-refractivity contribution in [2.45, 2.75) is 24.9 Å². The van der Waals surface area contributed by atoms with Crippen LogP contribution in [-0.4, -0.2) is 32.5 Å². The highest BCUT2D eigenvalue weighted by Gasteiger charge is 2.56. The monoisotopic (exact) mass is 321 g/mol. The first-order chi connectivity index (χ1) is 10.0. The Balaban J connectivity index is 2.37. The van der Waals surface area contributed by atoms with Crippen molar-refractivity contribution in [1.82, 2.24) is 14.5 Å². The molecule has 2 aromatic rings. The second-order valence-electron chi connectivity index (χ2n) is 4.77. The van der Waals surface area contributed by atoms with Gasteiger partial charge in [0.1, 0.15) is 23.0 Å². The lowest BCUT2D eigenvalue weighted by atomic mass is 10.1. The van der Waals surface area contributed by atoms with Crippen LogP contribution in [0.15, 0.2) is 12.3 Å². The minimum absolute atomic E-state index is 0.0101. The maximum Gasteiger partial charge on any atom is 0.453 e. The molecule has 2 rings (SSSR count). The van der Waals surface area contributed by atoms with E-state index in [0.717, 1.165) is 0 Å². The quantitative estimate of drug-likeness (QED) is 0.515. The predicted molar refractivity (Wildman–Crippen MR) is 68.8 cm³/mol.